The lowest BCUT2D eigenvalue weighted by Crippen LogP contribution is -2.19. The number of aromatic nitrogens is 1. The summed E-state index contributed by atoms with van der Waals surface area (Å²) < 4.78 is 36.5. The summed E-state index contributed by atoms with van der Waals surface area (Å²) in [5.74, 6) is 0. The fourth-order valence-corrected chi connectivity index (χ4v) is 1.06. The van der Waals surface area contributed by atoms with Crippen molar-refractivity contribution in [3.05, 3.63) is 23.5 Å². The Bertz CT molecular complexity index is 341. The lowest BCUT2D eigenvalue weighted by Gasteiger charge is -2.11. The molecule has 0 aliphatic rings. The first-order valence-corrected chi connectivity index (χ1v) is 4.20. The maximum atomic E-state index is 12.2. The third-order valence-electron chi connectivity index (χ3n) is 1.64. The molecule has 6 heteroatoms. The zero-order chi connectivity index (χ0) is 10.9. The zero-order valence-electron chi connectivity index (χ0n) is 7.64. The van der Waals surface area contributed by atoms with Crippen molar-refractivity contribution in [2.24, 2.45) is 0 Å². The van der Waals surface area contributed by atoms with Crippen molar-refractivity contribution in [1.29, 1.82) is 0 Å². The summed E-state index contributed by atoms with van der Waals surface area (Å²) in [6.45, 7) is 0. The molecule has 1 N–H and O–H groups in total. The van der Waals surface area contributed by atoms with E-state index >= 15 is 0 Å². The van der Waals surface area contributed by atoms with E-state index in [2.05, 4.69) is 4.98 Å². The molecule has 0 aliphatic carbocycles. The van der Waals surface area contributed by atoms with E-state index in [0.717, 1.165) is 6.07 Å². The van der Waals surface area contributed by atoms with Crippen molar-refractivity contribution in [1.82, 2.24) is 9.88 Å². The molecule has 14 heavy (non-hydrogen) atoms. The summed E-state index contributed by atoms with van der Waals surface area (Å²) in [7, 11) is 3.37. The van der Waals surface area contributed by atoms with Crippen LogP contribution >= 0.6 is 12.2 Å². The van der Waals surface area contributed by atoms with E-state index in [-0.39, 0.29) is 0 Å². The molecule has 0 aromatic carbocycles. The normalized spacial score (nSPS) is 11.5. The summed E-state index contributed by atoms with van der Waals surface area (Å²) in [6.07, 6.45) is -3.09. The second-order valence-electron chi connectivity index (χ2n) is 3.00. The Morgan fingerprint density at radius 2 is 2.00 bits per heavy atom. The second-order valence-corrected chi connectivity index (χ2v) is 3.39. The van der Waals surface area contributed by atoms with Gasteiger partial charge in [-0.1, -0.05) is 12.2 Å². The van der Waals surface area contributed by atoms with Gasteiger partial charge in [0.15, 0.2) is 0 Å². The molecule has 0 fully saturated rings. The van der Waals surface area contributed by atoms with Gasteiger partial charge in [-0.3, -0.25) is 0 Å². The molecule has 0 spiro atoms. The third kappa shape index (κ3) is 2.25. The lowest BCUT2D eigenvalue weighted by molar-refractivity contribution is -0.140. The first-order valence-electron chi connectivity index (χ1n) is 3.79. The molecule has 1 rings (SSSR count). The van der Waals surface area contributed by atoms with Gasteiger partial charge in [-0.25, -0.2) is 0 Å². The van der Waals surface area contributed by atoms with Gasteiger partial charge in [0.1, 0.15) is 10.7 Å². The number of alkyl halides is 3. The number of H-pyrrole nitrogens is 1. The van der Waals surface area contributed by atoms with Gasteiger partial charge < -0.3 is 9.88 Å². The second kappa shape index (κ2) is 3.61. The van der Waals surface area contributed by atoms with Gasteiger partial charge >= 0.3 is 6.18 Å². The molecule has 0 bridgehead atoms. The lowest BCUT2D eigenvalue weighted by atomic mass is 10.3. The molecule has 2 nitrogen and oxygen atoms in total. The van der Waals surface area contributed by atoms with Gasteiger partial charge in [0, 0.05) is 25.9 Å². The Labute approximate surface area is 84.7 Å². The largest absolute Gasteiger partial charge is 0.431 e. The van der Waals surface area contributed by atoms with Crippen LogP contribution in [0.4, 0.5) is 13.2 Å². The van der Waals surface area contributed by atoms with Crippen LogP contribution in [-0.2, 0) is 6.18 Å². The third-order valence-corrected chi connectivity index (χ3v) is 2.24. The molecule has 1 aromatic rings. The molecule has 0 saturated carbocycles. The molecular weight excluding hydrogens is 213 g/mol. The van der Waals surface area contributed by atoms with E-state index in [1.807, 2.05) is 0 Å². The number of nitrogens with zero attached hydrogens (tertiary/aromatic N) is 1. The van der Waals surface area contributed by atoms with Crippen LogP contribution in [0.1, 0.15) is 11.3 Å². The minimum Gasteiger partial charge on any atom is -0.368 e. The molecule has 0 atom stereocenters. The molecule has 1 aromatic heterocycles. The van der Waals surface area contributed by atoms with Crippen molar-refractivity contribution < 1.29 is 13.2 Å². The zero-order valence-corrected chi connectivity index (χ0v) is 8.46. The van der Waals surface area contributed by atoms with Crippen molar-refractivity contribution >= 4 is 17.2 Å². The molecule has 0 radical (unpaired) electrons. The number of hydrogen-bond acceptors (Lipinski definition) is 1. The van der Waals surface area contributed by atoms with Crippen LogP contribution < -0.4 is 0 Å². The van der Waals surface area contributed by atoms with Gasteiger partial charge in [0.2, 0.25) is 0 Å². The molecule has 0 saturated heterocycles. The van der Waals surface area contributed by atoms with Gasteiger partial charge in [-0.15, -0.1) is 0 Å². The summed E-state index contributed by atoms with van der Waals surface area (Å²) in [4.78, 5) is 4.10. The number of rotatable bonds is 1. The highest BCUT2D eigenvalue weighted by molar-refractivity contribution is 7.80. The number of thiocarbonyl (C=S) groups is 1. The fourth-order valence-electron chi connectivity index (χ4n) is 0.940. The highest BCUT2D eigenvalue weighted by Gasteiger charge is 2.32. The first-order chi connectivity index (χ1) is 6.32. The molecule has 78 valence electrons. The average Bonchev–Trinajstić information content (AvgIpc) is 2.49. The van der Waals surface area contributed by atoms with E-state index in [1.54, 1.807) is 19.0 Å². The van der Waals surface area contributed by atoms with Crippen LogP contribution in [0.15, 0.2) is 12.3 Å². The summed E-state index contributed by atoms with van der Waals surface area (Å²) >= 11 is 4.92. The van der Waals surface area contributed by atoms with Gasteiger partial charge in [0.05, 0.1) is 0 Å². The summed E-state index contributed by atoms with van der Waals surface area (Å²) in [5.41, 5.74) is -0.408. The Kier molecular flexibility index (Phi) is 2.84. The molecule has 0 aliphatic heterocycles. The molecule has 0 amide bonds. The van der Waals surface area contributed by atoms with E-state index in [9.17, 15) is 13.2 Å². The summed E-state index contributed by atoms with van der Waals surface area (Å²) in [6, 6.07) is 1.00. The quantitative estimate of drug-likeness (QED) is 0.735. The number of nitrogens with one attached hydrogen (secondary N) is 1. The van der Waals surface area contributed by atoms with E-state index < -0.39 is 11.9 Å². The Hall–Kier alpha value is -1.04. The smallest absolute Gasteiger partial charge is 0.368 e. The van der Waals surface area contributed by atoms with Crippen LogP contribution in [0, 0.1) is 0 Å². The standard InChI is InChI=1S/C8H9F3N2S/c1-13(2)7(14)5-3-6(12-4-5)8(9,10)11/h3-4,12H,1-2H3. The fraction of sp³-hybridized carbons (Fsp3) is 0.375. The highest BCUT2D eigenvalue weighted by atomic mass is 32.1. The van der Waals surface area contributed by atoms with Crippen LogP contribution in [-0.4, -0.2) is 29.0 Å². The maximum Gasteiger partial charge on any atom is 0.431 e. The first kappa shape index (κ1) is 11.0. The Morgan fingerprint density at radius 3 is 2.36 bits per heavy atom. The van der Waals surface area contributed by atoms with E-state index in [4.69, 9.17) is 12.2 Å². The minimum absolute atomic E-state index is 0.372. The highest BCUT2D eigenvalue weighted by Crippen LogP contribution is 2.28. The van der Waals surface area contributed by atoms with Crippen molar-refractivity contribution in [2.45, 2.75) is 6.18 Å². The Balaban J connectivity index is 2.95. The molecule has 1 heterocycles. The predicted molar refractivity (Wildman–Crippen MR) is 51.2 cm³/mol. The minimum atomic E-state index is -4.35. The molecule has 0 unspecified atom stereocenters. The van der Waals surface area contributed by atoms with Gasteiger partial charge in [-0.05, 0) is 6.07 Å². The topological polar surface area (TPSA) is 19.0 Å². The molecular formula is C8H9F3N2S. The van der Waals surface area contributed by atoms with Gasteiger partial charge in [0.25, 0.3) is 0 Å². The van der Waals surface area contributed by atoms with E-state index in [0.29, 0.717) is 10.6 Å². The predicted octanol–water partition coefficient (Wildman–Crippen LogP) is 2.27. The monoisotopic (exact) mass is 222 g/mol. The van der Waals surface area contributed by atoms with E-state index in [1.165, 1.54) is 6.20 Å². The average molecular weight is 222 g/mol. The van der Waals surface area contributed by atoms with Crippen LogP contribution in [0.5, 0.6) is 0 Å². The van der Waals surface area contributed by atoms with Crippen LogP contribution in [0.2, 0.25) is 0 Å². The van der Waals surface area contributed by atoms with Crippen LogP contribution in [0.25, 0.3) is 0 Å². The maximum absolute atomic E-state index is 12.2. The van der Waals surface area contributed by atoms with Gasteiger partial charge in [-0.2, -0.15) is 13.2 Å². The Morgan fingerprint density at radius 1 is 1.43 bits per heavy atom. The van der Waals surface area contributed by atoms with Crippen molar-refractivity contribution in [3.63, 3.8) is 0 Å². The van der Waals surface area contributed by atoms with Crippen LogP contribution in [0.3, 0.4) is 0 Å². The number of hydrogen-bond donors (Lipinski definition) is 1. The summed E-state index contributed by atoms with van der Waals surface area (Å²) in [5, 5.41) is 0. The van der Waals surface area contributed by atoms with Crippen molar-refractivity contribution in [3.8, 4) is 0 Å². The number of aromatic amines is 1. The SMILES string of the molecule is CN(C)C(=S)c1c[nH]c(C(F)(F)F)c1. The number of halogens is 3. The van der Waals surface area contributed by atoms with Crippen molar-refractivity contribution in [2.75, 3.05) is 14.1 Å².